The zero-order chi connectivity index (χ0) is 21.3. The Morgan fingerprint density at radius 3 is 2.28 bits per heavy atom. The van der Waals surface area contributed by atoms with E-state index >= 15 is 0 Å². The molecule has 0 spiro atoms. The van der Waals surface area contributed by atoms with Gasteiger partial charge in [-0.05, 0) is 62.4 Å². The molecule has 0 radical (unpaired) electrons. The summed E-state index contributed by atoms with van der Waals surface area (Å²) < 4.78 is 12.0. The Balaban J connectivity index is 2.10. The lowest BCUT2D eigenvalue weighted by molar-refractivity contribution is -0.140. The molecule has 0 aliphatic rings. The Hall–Kier alpha value is -2.33. The number of nitrogens with one attached hydrogen (secondary N) is 1. The predicted molar refractivity (Wildman–Crippen MR) is 119 cm³/mol. The zero-order valence-corrected chi connectivity index (χ0v) is 18.5. The van der Waals surface area contributed by atoms with Crippen LogP contribution in [0, 0.1) is 13.8 Å². The average molecular weight is 398 g/mol. The molecule has 29 heavy (non-hydrogen) atoms. The van der Waals surface area contributed by atoms with Crippen LogP contribution in [0.3, 0.4) is 0 Å². The van der Waals surface area contributed by atoms with Gasteiger partial charge in [0.2, 0.25) is 0 Å². The van der Waals surface area contributed by atoms with Gasteiger partial charge >= 0.3 is 0 Å². The van der Waals surface area contributed by atoms with Crippen molar-refractivity contribution < 1.29 is 14.3 Å². The number of amides is 1. The molecule has 0 aliphatic heterocycles. The number of aryl methyl sites for hydroxylation is 2. The molecular formula is C25H35NO3. The summed E-state index contributed by atoms with van der Waals surface area (Å²) in [5.41, 5.74) is 3.10. The number of hydrogen-bond donors (Lipinski definition) is 1. The molecule has 0 unspecified atom stereocenters. The van der Waals surface area contributed by atoms with Gasteiger partial charge in [-0.15, -0.1) is 0 Å². The van der Waals surface area contributed by atoms with Gasteiger partial charge in [0.15, 0.2) is 0 Å². The molecular weight excluding hydrogens is 362 g/mol. The number of benzene rings is 2. The highest BCUT2D eigenvalue weighted by atomic mass is 16.5. The largest absolute Gasteiger partial charge is 0.488 e. The molecule has 1 atom stereocenters. The number of ether oxygens (including phenoxy) is 2. The zero-order valence-electron chi connectivity index (χ0n) is 18.5. The van der Waals surface area contributed by atoms with E-state index in [0.717, 1.165) is 47.4 Å². The van der Waals surface area contributed by atoms with Gasteiger partial charge in [0.25, 0.3) is 5.91 Å². The molecule has 0 fully saturated rings. The van der Waals surface area contributed by atoms with E-state index in [9.17, 15) is 4.79 Å². The van der Waals surface area contributed by atoms with Crippen molar-refractivity contribution in [2.45, 2.75) is 72.5 Å². The Morgan fingerprint density at radius 2 is 1.69 bits per heavy atom. The molecule has 1 N–H and O–H groups in total. The minimum absolute atomic E-state index is 0.0869. The van der Waals surface area contributed by atoms with Crippen LogP contribution >= 0.6 is 0 Å². The van der Waals surface area contributed by atoms with E-state index in [1.807, 2.05) is 63.2 Å². The Morgan fingerprint density at radius 1 is 1.03 bits per heavy atom. The van der Waals surface area contributed by atoms with E-state index in [4.69, 9.17) is 9.47 Å². The van der Waals surface area contributed by atoms with Gasteiger partial charge in [-0.3, -0.25) is 4.79 Å². The monoisotopic (exact) mass is 397 g/mol. The first-order valence-electron chi connectivity index (χ1n) is 10.6. The summed E-state index contributed by atoms with van der Waals surface area (Å²) in [6, 6.07) is 14.0. The van der Waals surface area contributed by atoms with Crippen molar-refractivity contribution in [2.24, 2.45) is 0 Å². The van der Waals surface area contributed by atoms with Gasteiger partial charge in [-0.25, -0.2) is 0 Å². The van der Waals surface area contributed by atoms with Gasteiger partial charge in [-0.2, -0.15) is 0 Å². The Kier molecular flexibility index (Phi) is 8.71. The first kappa shape index (κ1) is 23.0. The molecule has 4 heteroatoms. The maximum atomic E-state index is 13.0. The average Bonchev–Trinajstić information content (AvgIpc) is 2.70. The van der Waals surface area contributed by atoms with E-state index in [-0.39, 0.29) is 5.91 Å². The van der Waals surface area contributed by atoms with E-state index in [2.05, 4.69) is 19.2 Å². The fourth-order valence-corrected chi connectivity index (χ4v) is 3.34. The quantitative estimate of drug-likeness (QED) is 0.491. The summed E-state index contributed by atoms with van der Waals surface area (Å²) >= 11 is 0. The van der Waals surface area contributed by atoms with E-state index in [1.165, 1.54) is 0 Å². The van der Waals surface area contributed by atoms with Crippen molar-refractivity contribution in [3.8, 4) is 5.75 Å². The van der Waals surface area contributed by atoms with Gasteiger partial charge in [0.05, 0.1) is 0 Å². The minimum Gasteiger partial charge on any atom is -0.488 e. The summed E-state index contributed by atoms with van der Waals surface area (Å²) in [7, 11) is 0. The van der Waals surface area contributed by atoms with Crippen molar-refractivity contribution in [3.63, 3.8) is 0 Å². The third kappa shape index (κ3) is 6.60. The molecule has 0 bridgehead atoms. The Bertz CT molecular complexity index is 755. The molecule has 4 nitrogen and oxygen atoms in total. The summed E-state index contributed by atoms with van der Waals surface area (Å²) in [6.07, 6.45) is 3.59. The molecule has 2 aromatic carbocycles. The Labute approximate surface area is 175 Å². The van der Waals surface area contributed by atoms with Crippen LogP contribution in [0.1, 0.15) is 63.1 Å². The van der Waals surface area contributed by atoms with Gasteiger partial charge in [0, 0.05) is 12.3 Å². The van der Waals surface area contributed by atoms with Gasteiger partial charge in [-0.1, -0.05) is 57.0 Å². The fraction of sp³-hybridized carbons (Fsp3) is 0.480. The summed E-state index contributed by atoms with van der Waals surface area (Å²) in [5, 5.41) is 3.06. The highest BCUT2D eigenvalue weighted by Gasteiger charge is 2.33. The normalized spacial score (nSPS) is 13.0. The van der Waals surface area contributed by atoms with Gasteiger partial charge in [0.1, 0.15) is 18.0 Å². The highest BCUT2D eigenvalue weighted by molar-refractivity contribution is 5.97. The van der Waals surface area contributed by atoms with Crippen LogP contribution in [-0.2, 0) is 16.1 Å². The summed E-state index contributed by atoms with van der Waals surface area (Å²) in [4.78, 5) is 13.0. The molecule has 1 amide bonds. The molecule has 0 aromatic heterocycles. The molecule has 0 aliphatic carbocycles. The number of anilines is 1. The highest BCUT2D eigenvalue weighted by Crippen LogP contribution is 2.29. The SMILES string of the molecule is CCCC[C@@](C)(OCCC)C(=O)Nc1cc(C)c(OCc2ccccc2)c(C)c1. The minimum atomic E-state index is -0.809. The van der Waals surface area contributed by atoms with Crippen LogP contribution in [-0.4, -0.2) is 18.1 Å². The third-order valence-corrected chi connectivity index (χ3v) is 5.06. The topological polar surface area (TPSA) is 47.6 Å². The van der Waals surface area contributed by atoms with Crippen molar-refractivity contribution in [2.75, 3.05) is 11.9 Å². The van der Waals surface area contributed by atoms with E-state index in [1.54, 1.807) is 0 Å². The molecule has 0 heterocycles. The van der Waals surface area contributed by atoms with Crippen LogP contribution < -0.4 is 10.1 Å². The first-order valence-corrected chi connectivity index (χ1v) is 10.6. The first-order chi connectivity index (χ1) is 13.9. The second-order valence-electron chi connectivity index (χ2n) is 7.85. The van der Waals surface area contributed by atoms with Crippen molar-refractivity contribution in [1.82, 2.24) is 0 Å². The second kappa shape index (κ2) is 11.0. The molecule has 0 saturated heterocycles. The second-order valence-corrected chi connectivity index (χ2v) is 7.85. The fourth-order valence-electron chi connectivity index (χ4n) is 3.34. The van der Waals surface area contributed by atoms with Crippen molar-refractivity contribution in [1.29, 1.82) is 0 Å². The van der Waals surface area contributed by atoms with Crippen LogP contribution in [0.2, 0.25) is 0 Å². The molecule has 2 rings (SSSR count). The number of rotatable bonds is 11. The smallest absolute Gasteiger partial charge is 0.256 e. The predicted octanol–water partition coefficient (Wildman–Crippen LogP) is 6.20. The van der Waals surface area contributed by atoms with Gasteiger partial charge < -0.3 is 14.8 Å². The van der Waals surface area contributed by atoms with Crippen LogP contribution in [0.4, 0.5) is 5.69 Å². The molecule has 2 aromatic rings. The summed E-state index contributed by atoms with van der Waals surface area (Å²) in [6.45, 7) is 11.2. The summed E-state index contributed by atoms with van der Waals surface area (Å²) in [5.74, 6) is 0.777. The van der Waals surface area contributed by atoms with E-state index in [0.29, 0.717) is 19.6 Å². The van der Waals surface area contributed by atoms with Crippen LogP contribution in [0.5, 0.6) is 5.75 Å². The number of unbranched alkanes of at least 4 members (excludes halogenated alkanes) is 1. The maximum Gasteiger partial charge on any atom is 0.256 e. The third-order valence-electron chi connectivity index (χ3n) is 5.06. The lowest BCUT2D eigenvalue weighted by Crippen LogP contribution is -2.43. The number of hydrogen-bond acceptors (Lipinski definition) is 3. The molecule has 0 saturated carbocycles. The van der Waals surface area contributed by atoms with E-state index < -0.39 is 5.60 Å². The van der Waals surface area contributed by atoms with Crippen LogP contribution in [0.15, 0.2) is 42.5 Å². The molecule has 158 valence electrons. The van der Waals surface area contributed by atoms with Crippen LogP contribution in [0.25, 0.3) is 0 Å². The lowest BCUT2D eigenvalue weighted by atomic mass is 9.97. The van der Waals surface area contributed by atoms with Crippen molar-refractivity contribution in [3.05, 3.63) is 59.2 Å². The number of carbonyl (C=O) groups is 1. The standard InChI is InChI=1S/C25H35NO3/c1-6-8-14-25(5,29-15-7-2)24(27)26-22-16-19(3)23(20(4)17-22)28-18-21-12-10-9-11-13-21/h9-13,16-17H,6-8,14-15,18H2,1-5H3,(H,26,27)/t25-/m1/s1. The van der Waals surface area contributed by atoms with Crippen molar-refractivity contribution >= 4 is 11.6 Å². The lowest BCUT2D eigenvalue weighted by Gasteiger charge is -2.29. The number of carbonyl (C=O) groups excluding carboxylic acids is 1. The maximum absolute atomic E-state index is 13.0.